The van der Waals surface area contributed by atoms with Crippen molar-refractivity contribution in [3.63, 3.8) is 0 Å². The summed E-state index contributed by atoms with van der Waals surface area (Å²) in [5, 5.41) is 11.6. The molecule has 0 saturated heterocycles. The maximum absolute atomic E-state index is 13.1. The van der Waals surface area contributed by atoms with Gasteiger partial charge in [0.2, 0.25) is 0 Å². The van der Waals surface area contributed by atoms with Crippen molar-refractivity contribution in [3.8, 4) is 0 Å². The number of nitrogens with one attached hydrogen (secondary N) is 4. The molecular formula is C38H34N4O4. The summed E-state index contributed by atoms with van der Waals surface area (Å²) in [6, 6.07) is 38.5. The number of amides is 4. The average Bonchev–Trinajstić information content (AvgIpc) is 3.09. The quantitative estimate of drug-likeness (QED) is 0.134. The van der Waals surface area contributed by atoms with Crippen LogP contribution in [0.2, 0.25) is 0 Å². The van der Waals surface area contributed by atoms with Crippen LogP contribution in [0.15, 0.2) is 133 Å². The van der Waals surface area contributed by atoms with Gasteiger partial charge in [-0.1, -0.05) is 84.9 Å². The summed E-state index contributed by atoms with van der Waals surface area (Å²) in [6.45, 7) is 3.79. The maximum atomic E-state index is 13.1. The Morgan fingerprint density at radius 2 is 0.739 bits per heavy atom. The molecule has 0 aliphatic carbocycles. The Kier molecular flexibility index (Phi) is 9.99. The average molecular weight is 611 g/mol. The molecule has 0 bridgehead atoms. The number of hydrogen-bond donors (Lipinski definition) is 4. The van der Waals surface area contributed by atoms with E-state index in [1.165, 1.54) is 24.3 Å². The Hall–Kier alpha value is -6.02. The SMILES string of the molecule is CC(NC(=O)c1ccccc1NC(=O)c1ccc(C(=O)Nc2ccccc2C(=O)NC(C)c2ccccc2)cc1)c1ccccc1. The van der Waals surface area contributed by atoms with E-state index in [1.54, 1.807) is 48.5 Å². The molecule has 0 heterocycles. The fourth-order valence-corrected chi connectivity index (χ4v) is 4.94. The molecule has 5 aromatic carbocycles. The van der Waals surface area contributed by atoms with Crippen LogP contribution in [0.5, 0.6) is 0 Å². The molecule has 46 heavy (non-hydrogen) atoms. The molecule has 0 aliphatic rings. The molecule has 8 nitrogen and oxygen atoms in total. The minimum absolute atomic E-state index is 0.227. The molecular weight excluding hydrogens is 576 g/mol. The third-order valence-corrected chi connectivity index (χ3v) is 7.54. The Labute approximate surface area is 267 Å². The minimum Gasteiger partial charge on any atom is -0.345 e. The van der Waals surface area contributed by atoms with E-state index in [1.807, 2.05) is 74.5 Å². The molecule has 0 aliphatic heterocycles. The van der Waals surface area contributed by atoms with Crippen LogP contribution >= 0.6 is 0 Å². The number of anilines is 2. The second-order valence-corrected chi connectivity index (χ2v) is 10.8. The predicted octanol–water partition coefficient (Wildman–Crippen LogP) is 7.17. The van der Waals surface area contributed by atoms with Crippen LogP contribution in [-0.2, 0) is 0 Å². The van der Waals surface area contributed by atoms with Gasteiger partial charge in [-0.3, -0.25) is 19.2 Å². The van der Waals surface area contributed by atoms with E-state index in [0.717, 1.165) is 11.1 Å². The first-order valence-corrected chi connectivity index (χ1v) is 14.9. The number of carbonyl (C=O) groups excluding carboxylic acids is 4. The third-order valence-electron chi connectivity index (χ3n) is 7.54. The first kappa shape index (κ1) is 31.4. The zero-order chi connectivity index (χ0) is 32.5. The molecule has 0 radical (unpaired) electrons. The lowest BCUT2D eigenvalue weighted by atomic mass is 10.1. The van der Waals surface area contributed by atoms with Crippen LogP contribution in [0.3, 0.4) is 0 Å². The molecule has 4 amide bonds. The molecule has 2 atom stereocenters. The third kappa shape index (κ3) is 7.73. The number of carbonyl (C=O) groups is 4. The molecule has 230 valence electrons. The van der Waals surface area contributed by atoms with Gasteiger partial charge in [0.25, 0.3) is 23.6 Å². The second kappa shape index (κ2) is 14.6. The molecule has 8 heteroatoms. The summed E-state index contributed by atoms with van der Waals surface area (Å²) in [5.41, 5.74) is 3.92. The molecule has 4 N–H and O–H groups in total. The fraction of sp³-hybridized carbons (Fsp3) is 0.105. The first-order chi connectivity index (χ1) is 22.3. The van der Waals surface area contributed by atoms with Gasteiger partial charge in [0, 0.05) is 11.1 Å². The van der Waals surface area contributed by atoms with Crippen molar-refractivity contribution in [3.05, 3.63) is 167 Å². The lowest BCUT2D eigenvalue weighted by Crippen LogP contribution is -2.28. The first-order valence-electron chi connectivity index (χ1n) is 14.9. The highest BCUT2D eigenvalue weighted by Gasteiger charge is 2.19. The van der Waals surface area contributed by atoms with Crippen molar-refractivity contribution in [2.75, 3.05) is 10.6 Å². The monoisotopic (exact) mass is 610 g/mol. The van der Waals surface area contributed by atoms with E-state index in [4.69, 9.17) is 0 Å². The van der Waals surface area contributed by atoms with Crippen LogP contribution in [0.4, 0.5) is 11.4 Å². The lowest BCUT2D eigenvalue weighted by molar-refractivity contribution is 0.0931. The zero-order valence-corrected chi connectivity index (χ0v) is 25.5. The van der Waals surface area contributed by atoms with Gasteiger partial charge in [-0.05, 0) is 73.5 Å². The highest BCUT2D eigenvalue weighted by Crippen LogP contribution is 2.21. The van der Waals surface area contributed by atoms with Crippen molar-refractivity contribution >= 4 is 35.0 Å². The number of para-hydroxylation sites is 2. The molecule has 5 rings (SSSR count). The largest absolute Gasteiger partial charge is 0.345 e. The summed E-state index contributed by atoms with van der Waals surface area (Å²) < 4.78 is 0. The van der Waals surface area contributed by atoms with E-state index < -0.39 is 11.8 Å². The molecule has 5 aromatic rings. The maximum Gasteiger partial charge on any atom is 0.255 e. The Morgan fingerprint density at radius 1 is 0.413 bits per heavy atom. The zero-order valence-electron chi connectivity index (χ0n) is 25.5. The molecule has 2 unspecified atom stereocenters. The molecule has 0 saturated carbocycles. The van der Waals surface area contributed by atoms with E-state index in [9.17, 15) is 19.2 Å². The molecule has 0 fully saturated rings. The van der Waals surface area contributed by atoms with E-state index in [-0.39, 0.29) is 23.9 Å². The number of hydrogen-bond acceptors (Lipinski definition) is 4. The van der Waals surface area contributed by atoms with Crippen molar-refractivity contribution in [2.45, 2.75) is 25.9 Å². The summed E-state index contributed by atoms with van der Waals surface area (Å²) in [7, 11) is 0. The highest BCUT2D eigenvalue weighted by atomic mass is 16.2. The Morgan fingerprint density at radius 3 is 1.11 bits per heavy atom. The normalized spacial score (nSPS) is 11.9. The van der Waals surface area contributed by atoms with Crippen LogP contribution in [-0.4, -0.2) is 23.6 Å². The topological polar surface area (TPSA) is 116 Å². The van der Waals surface area contributed by atoms with Gasteiger partial charge in [0.05, 0.1) is 34.6 Å². The summed E-state index contributed by atoms with van der Waals surface area (Å²) in [6.07, 6.45) is 0. The van der Waals surface area contributed by atoms with Crippen LogP contribution in [0, 0.1) is 0 Å². The molecule has 0 aromatic heterocycles. The van der Waals surface area contributed by atoms with E-state index >= 15 is 0 Å². The second-order valence-electron chi connectivity index (χ2n) is 10.8. The summed E-state index contributed by atoms with van der Waals surface area (Å²) in [5.74, 6) is -1.50. The van der Waals surface area contributed by atoms with Gasteiger partial charge in [-0.2, -0.15) is 0 Å². The van der Waals surface area contributed by atoms with Crippen molar-refractivity contribution < 1.29 is 19.2 Å². The van der Waals surface area contributed by atoms with Crippen molar-refractivity contribution in [1.82, 2.24) is 10.6 Å². The standard InChI is InChI=1S/C38H34N4O4/c1-25(27-13-5-3-6-14-27)39-37(45)31-17-9-11-19-33(31)41-35(43)29-21-23-30(24-22-29)36(44)42-34-20-12-10-18-32(34)38(46)40-26(2)28-15-7-4-8-16-28/h3-26H,1-2H3,(H,39,45)(H,40,46)(H,41,43)(H,42,44). The Bertz CT molecular complexity index is 1700. The predicted molar refractivity (Wildman–Crippen MR) is 180 cm³/mol. The number of rotatable bonds is 10. The molecule has 0 spiro atoms. The van der Waals surface area contributed by atoms with Gasteiger partial charge < -0.3 is 21.3 Å². The van der Waals surface area contributed by atoms with Crippen molar-refractivity contribution in [2.24, 2.45) is 0 Å². The van der Waals surface area contributed by atoms with Crippen LogP contribution in [0.25, 0.3) is 0 Å². The Balaban J connectivity index is 1.23. The van der Waals surface area contributed by atoms with Gasteiger partial charge >= 0.3 is 0 Å². The van der Waals surface area contributed by atoms with Crippen LogP contribution < -0.4 is 21.3 Å². The smallest absolute Gasteiger partial charge is 0.255 e. The van der Waals surface area contributed by atoms with E-state index in [0.29, 0.717) is 33.6 Å². The van der Waals surface area contributed by atoms with Gasteiger partial charge in [0.1, 0.15) is 0 Å². The lowest BCUT2D eigenvalue weighted by Gasteiger charge is -2.17. The van der Waals surface area contributed by atoms with Gasteiger partial charge in [0.15, 0.2) is 0 Å². The van der Waals surface area contributed by atoms with E-state index in [2.05, 4.69) is 21.3 Å². The van der Waals surface area contributed by atoms with Gasteiger partial charge in [-0.15, -0.1) is 0 Å². The van der Waals surface area contributed by atoms with Gasteiger partial charge in [-0.25, -0.2) is 0 Å². The van der Waals surface area contributed by atoms with Crippen molar-refractivity contribution in [1.29, 1.82) is 0 Å². The minimum atomic E-state index is -0.433. The highest BCUT2D eigenvalue weighted by molar-refractivity contribution is 6.11. The summed E-state index contributed by atoms with van der Waals surface area (Å²) >= 11 is 0. The van der Waals surface area contributed by atoms with Crippen LogP contribution in [0.1, 0.15) is 78.5 Å². The summed E-state index contributed by atoms with van der Waals surface area (Å²) in [4.78, 5) is 52.4. The number of benzene rings is 5. The fourth-order valence-electron chi connectivity index (χ4n) is 4.94.